The van der Waals surface area contributed by atoms with Gasteiger partial charge in [0.05, 0.1) is 6.10 Å². The highest BCUT2D eigenvalue weighted by atomic mass is 16.6. The smallest absolute Gasteiger partial charge is 0.348 e. The predicted octanol–water partition coefficient (Wildman–Crippen LogP) is 2.81. The van der Waals surface area contributed by atoms with Crippen LogP contribution in [-0.2, 0) is 29.4 Å². The van der Waals surface area contributed by atoms with Crippen molar-refractivity contribution in [3.05, 3.63) is 71.8 Å². The highest BCUT2D eigenvalue weighted by molar-refractivity contribution is 5.88. The molecule has 2 aromatic carbocycles. The van der Waals surface area contributed by atoms with Crippen LogP contribution in [0.2, 0.25) is 0 Å². The van der Waals surface area contributed by atoms with Crippen LogP contribution < -0.4 is 5.32 Å². The van der Waals surface area contributed by atoms with Crippen LogP contribution in [0.3, 0.4) is 0 Å². The first kappa shape index (κ1) is 21.0. The van der Waals surface area contributed by atoms with E-state index in [-0.39, 0.29) is 18.6 Å². The number of carbonyl (C=O) groups is 2. The van der Waals surface area contributed by atoms with Gasteiger partial charge in [0.15, 0.2) is 6.61 Å². The first-order valence-electron chi connectivity index (χ1n) is 9.97. The molecule has 1 saturated heterocycles. The van der Waals surface area contributed by atoms with Crippen LogP contribution in [0.1, 0.15) is 30.9 Å². The van der Waals surface area contributed by atoms with Crippen LogP contribution in [0.15, 0.2) is 60.7 Å². The van der Waals surface area contributed by atoms with E-state index in [4.69, 9.17) is 14.2 Å². The van der Waals surface area contributed by atoms with Crippen LogP contribution in [-0.4, -0.2) is 44.3 Å². The minimum Gasteiger partial charge on any atom is -0.453 e. The van der Waals surface area contributed by atoms with Crippen LogP contribution >= 0.6 is 0 Å². The lowest BCUT2D eigenvalue weighted by atomic mass is 9.86. The quantitative estimate of drug-likeness (QED) is 0.659. The first-order valence-corrected chi connectivity index (χ1v) is 9.97. The minimum absolute atomic E-state index is 0.0332. The summed E-state index contributed by atoms with van der Waals surface area (Å²) in [5, 5.41) is 2.76. The van der Waals surface area contributed by atoms with Gasteiger partial charge in [0.2, 0.25) is 5.60 Å². The number of hydrogen-bond acceptors (Lipinski definition) is 5. The first-order chi connectivity index (χ1) is 14.2. The fourth-order valence-electron chi connectivity index (χ4n) is 3.51. The molecule has 1 N–H and O–H groups in total. The molecule has 6 nitrogen and oxygen atoms in total. The summed E-state index contributed by atoms with van der Waals surface area (Å²) < 4.78 is 16.9. The van der Waals surface area contributed by atoms with Crippen molar-refractivity contribution in [1.29, 1.82) is 0 Å². The van der Waals surface area contributed by atoms with Gasteiger partial charge in [-0.25, -0.2) is 4.79 Å². The second kappa shape index (κ2) is 10.2. The Kier molecular flexibility index (Phi) is 7.38. The van der Waals surface area contributed by atoms with Gasteiger partial charge in [-0.2, -0.15) is 0 Å². The van der Waals surface area contributed by atoms with Gasteiger partial charge >= 0.3 is 5.97 Å². The molecule has 1 heterocycles. The molecular weight excluding hydrogens is 370 g/mol. The zero-order valence-electron chi connectivity index (χ0n) is 16.6. The largest absolute Gasteiger partial charge is 0.453 e. The summed E-state index contributed by atoms with van der Waals surface area (Å²) >= 11 is 0. The van der Waals surface area contributed by atoms with Gasteiger partial charge in [-0.1, -0.05) is 60.7 Å². The Labute approximate surface area is 171 Å². The monoisotopic (exact) mass is 397 g/mol. The van der Waals surface area contributed by atoms with Gasteiger partial charge in [0.1, 0.15) is 0 Å². The molecule has 0 spiro atoms. The highest BCUT2D eigenvalue weighted by Crippen LogP contribution is 2.35. The number of amides is 1. The Morgan fingerprint density at radius 2 is 1.69 bits per heavy atom. The van der Waals surface area contributed by atoms with Crippen LogP contribution in [0.5, 0.6) is 0 Å². The summed E-state index contributed by atoms with van der Waals surface area (Å²) in [4.78, 5) is 25.4. The maximum absolute atomic E-state index is 13.3. The van der Waals surface area contributed by atoms with Crippen molar-refractivity contribution in [2.75, 3.05) is 26.4 Å². The third-order valence-electron chi connectivity index (χ3n) is 4.89. The zero-order valence-corrected chi connectivity index (χ0v) is 16.6. The van der Waals surface area contributed by atoms with Gasteiger partial charge in [-0.05, 0) is 30.9 Å². The molecule has 0 unspecified atom stereocenters. The maximum Gasteiger partial charge on any atom is 0.348 e. The van der Waals surface area contributed by atoms with E-state index < -0.39 is 11.6 Å². The summed E-state index contributed by atoms with van der Waals surface area (Å²) in [5.74, 6) is -0.982. The second-order valence-electron chi connectivity index (χ2n) is 6.86. The molecule has 1 aliphatic heterocycles. The van der Waals surface area contributed by atoms with E-state index in [2.05, 4.69) is 5.32 Å². The summed E-state index contributed by atoms with van der Waals surface area (Å²) in [5.41, 5.74) is -0.137. The second-order valence-corrected chi connectivity index (χ2v) is 6.86. The fourth-order valence-corrected chi connectivity index (χ4v) is 3.51. The average Bonchev–Trinajstić information content (AvgIpc) is 3.29. The lowest BCUT2D eigenvalue weighted by molar-refractivity contribution is -0.170. The molecule has 3 rings (SSSR count). The SMILES string of the molecule is CCOC(C(=O)OCC(=O)NC[C@H]1CCCO1)(c1ccccc1)c1ccccc1. The number of esters is 1. The molecule has 1 atom stereocenters. The Hall–Kier alpha value is -2.70. The van der Waals surface area contributed by atoms with Crippen molar-refractivity contribution in [1.82, 2.24) is 5.32 Å². The Bertz CT molecular complexity index is 748. The molecule has 6 heteroatoms. The van der Waals surface area contributed by atoms with E-state index in [0.29, 0.717) is 24.3 Å². The van der Waals surface area contributed by atoms with Crippen LogP contribution in [0.25, 0.3) is 0 Å². The molecule has 154 valence electrons. The van der Waals surface area contributed by atoms with Gasteiger partial charge < -0.3 is 19.5 Å². The topological polar surface area (TPSA) is 73.9 Å². The van der Waals surface area contributed by atoms with E-state index in [1.807, 2.05) is 67.6 Å². The fraction of sp³-hybridized carbons (Fsp3) is 0.391. The molecule has 1 fully saturated rings. The van der Waals surface area contributed by atoms with E-state index >= 15 is 0 Å². The van der Waals surface area contributed by atoms with Crippen molar-refractivity contribution in [3.63, 3.8) is 0 Å². The van der Waals surface area contributed by atoms with Gasteiger partial charge in [0, 0.05) is 19.8 Å². The predicted molar refractivity (Wildman–Crippen MR) is 108 cm³/mol. The molecular formula is C23H27NO5. The van der Waals surface area contributed by atoms with Crippen LogP contribution in [0, 0.1) is 0 Å². The van der Waals surface area contributed by atoms with Crippen LogP contribution in [0.4, 0.5) is 0 Å². The molecule has 0 aliphatic carbocycles. The van der Waals surface area contributed by atoms with E-state index in [1.165, 1.54) is 0 Å². The molecule has 2 aromatic rings. The number of hydrogen-bond donors (Lipinski definition) is 1. The number of rotatable bonds is 9. The molecule has 0 radical (unpaired) electrons. The summed E-state index contributed by atoms with van der Waals surface area (Å²) in [6, 6.07) is 18.4. The lowest BCUT2D eigenvalue weighted by Gasteiger charge is -2.32. The highest BCUT2D eigenvalue weighted by Gasteiger charge is 2.45. The standard InChI is InChI=1S/C23H27NO5/c1-2-29-23(18-10-5-3-6-11-18,19-12-7-4-8-13-19)22(26)28-17-21(25)24-16-20-14-9-15-27-20/h3-8,10-13,20H,2,9,14-17H2,1H3,(H,24,25)/t20-/m1/s1. The Morgan fingerprint density at radius 3 is 2.21 bits per heavy atom. The average molecular weight is 397 g/mol. The van der Waals surface area contributed by atoms with Gasteiger partial charge in [-0.15, -0.1) is 0 Å². The maximum atomic E-state index is 13.3. The third-order valence-corrected chi connectivity index (χ3v) is 4.89. The number of benzene rings is 2. The van der Waals surface area contributed by atoms with Gasteiger partial charge in [-0.3, -0.25) is 4.79 Å². The Balaban J connectivity index is 1.76. The summed E-state index contributed by atoms with van der Waals surface area (Å²) in [6.45, 7) is 2.89. The van der Waals surface area contributed by atoms with Gasteiger partial charge in [0.25, 0.3) is 5.91 Å². The van der Waals surface area contributed by atoms with E-state index in [1.54, 1.807) is 0 Å². The van der Waals surface area contributed by atoms with Crippen molar-refractivity contribution < 1.29 is 23.8 Å². The zero-order chi connectivity index (χ0) is 20.5. The molecule has 0 bridgehead atoms. The molecule has 29 heavy (non-hydrogen) atoms. The number of ether oxygens (including phenoxy) is 3. The minimum atomic E-state index is -1.44. The Morgan fingerprint density at radius 1 is 1.07 bits per heavy atom. The lowest BCUT2D eigenvalue weighted by Crippen LogP contribution is -2.43. The summed E-state index contributed by atoms with van der Waals surface area (Å²) in [6.07, 6.45) is 1.96. The van der Waals surface area contributed by atoms with Crippen molar-refractivity contribution in [2.24, 2.45) is 0 Å². The number of carbonyl (C=O) groups excluding carboxylic acids is 2. The van der Waals surface area contributed by atoms with Crippen molar-refractivity contribution >= 4 is 11.9 Å². The third kappa shape index (κ3) is 5.02. The molecule has 0 aromatic heterocycles. The van der Waals surface area contributed by atoms with E-state index in [0.717, 1.165) is 19.4 Å². The van der Waals surface area contributed by atoms with E-state index in [9.17, 15) is 9.59 Å². The molecule has 1 aliphatic rings. The normalized spacial score (nSPS) is 16.4. The van der Waals surface area contributed by atoms with Crippen molar-refractivity contribution in [2.45, 2.75) is 31.5 Å². The molecule has 1 amide bonds. The van der Waals surface area contributed by atoms with Crippen molar-refractivity contribution in [3.8, 4) is 0 Å². The molecule has 0 saturated carbocycles. The summed E-state index contributed by atoms with van der Waals surface area (Å²) in [7, 11) is 0. The number of nitrogens with one attached hydrogen (secondary N) is 1.